The molecule has 4 atom stereocenters. The minimum atomic E-state index is 0.440. The number of anilines is 1. The van der Waals surface area contributed by atoms with Crippen LogP contribution in [0.3, 0.4) is 0 Å². The van der Waals surface area contributed by atoms with E-state index in [0.717, 1.165) is 43.4 Å². The van der Waals surface area contributed by atoms with Crippen molar-refractivity contribution < 1.29 is 4.79 Å². The van der Waals surface area contributed by atoms with Gasteiger partial charge in [-0.15, -0.1) is 0 Å². The Morgan fingerprint density at radius 3 is 2.68 bits per heavy atom. The third-order valence-electron chi connectivity index (χ3n) is 7.86. The lowest BCUT2D eigenvalue weighted by Crippen LogP contribution is -2.65. The molecule has 1 amide bonds. The maximum Gasteiger partial charge on any atom is 0.223 e. The predicted octanol–water partition coefficient (Wildman–Crippen LogP) is 3.96. The zero-order chi connectivity index (χ0) is 19.1. The summed E-state index contributed by atoms with van der Waals surface area (Å²) in [6, 6.07) is 0.893. The van der Waals surface area contributed by atoms with Gasteiger partial charge >= 0.3 is 0 Å². The number of amides is 1. The molecule has 3 saturated heterocycles. The van der Waals surface area contributed by atoms with Crippen LogP contribution in [0.25, 0.3) is 0 Å². The fourth-order valence-corrected chi connectivity index (χ4v) is 6.63. The van der Waals surface area contributed by atoms with Crippen LogP contribution in [0.5, 0.6) is 0 Å². The summed E-state index contributed by atoms with van der Waals surface area (Å²) >= 11 is 0. The minimum absolute atomic E-state index is 0.440. The fraction of sp³-hybridized carbons (Fsp3) is 0.783. The number of carbonyl (C=O) groups is 1. The van der Waals surface area contributed by atoms with E-state index in [1.165, 1.54) is 51.4 Å². The largest absolute Gasteiger partial charge is 0.355 e. The van der Waals surface area contributed by atoms with Crippen LogP contribution in [-0.4, -0.2) is 45.9 Å². The lowest BCUT2D eigenvalue weighted by atomic mass is 9.69. The molecule has 0 radical (unpaired) electrons. The molecule has 4 aliphatic rings. The summed E-state index contributed by atoms with van der Waals surface area (Å²) in [5.74, 6) is 3.46. The monoisotopic (exact) mass is 382 g/mol. The summed E-state index contributed by atoms with van der Waals surface area (Å²) in [5.41, 5.74) is 0.987. The van der Waals surface area contributed by atoms with Crippen molar-refractivity contribution >= 4 is 11.7 Å². The number of nitrogens with zero attached hydrogens (tertiary/aromatic N) is 4. The highest BCUT2D eigenvalue weighted by Crippen LogP contribution is 2.45. The topological polar surface area (TPSA) is 49.3 Å². The number of carbonyl (C=O) groups excluding carboxylic acids is 1. The van der Waals surface area contributed by atoms with E-state index in [9.17, 15) is 4.79 Å². The first-order valence-corrected chi connectivity index (χ1v) is 11.5. The molecular formula is C23H34N4O. The zero-order valence-corrected chi connectivity index (χ0v) is 17.2. The van der Waals surface area contributed by atoms with E-state index in [-0.39, 0.29) is 0 Å². The van der Waals surface area contributed by atoms with E-state index >= 15 is 0 Å². The Kier molecular flexibility index (Phi) is 5.02. The van der Waals surface area contributed by atoms with Gasteiger partial charge in [-0.3, -0.25) is 9.78 Å². The van der Waals surface area contributed by atoms with Crippen molar-refractivity contribution in [3.63, 3.8) is 0 Å². The van der Waals surface area contributed by atoms with Crippen molar-refractivity contribution in [3.8, 4) is 0 Å². The normalized spacial score (nSPS) is 33.7. The van der Waals surface area contributed by atoms with E-state index < -0.39 is 0 Å². The van der Waals surface area contributed by atoms with Crippen molar-refractivity contribution in [1.82, 2.24) is 14.9 Å². The average molecular weight is 383 g/mol. The molecule has 0 unspecified atom stereocenters. The van der Waals surface area contributed by atoms with Gasteiger partial charge < -0.3 is 9.80 Å². The van der Waals surface area contributed by atoms with E-state index in [0.29, 0.717) is 29.8 Å². The molecular weight excluding hydrogens is 348 g/mol. The number of piperidine rings is 3. The lowest BCUT2D eigenvalue weighted by molar-refractivity contribution is -0.149. The predicted molar refractivity (Wildman–Crippen MR) is 110 cm³/mol. The lowest BCUT2D eigenvalue weighted by Gasteiger charge is -2.57. The first-order valence-electron chi connectivity index (χ1n) is 11.5. The molecule has 0 aromatic carbocycles. The molecule has 5 heteroatoms. The molecule has 4 heterocycles. The molecule has 28 heavy (non-hydrogen) atoms. The number of hydrogen-bond donors (Lipinski definition) is 0. The summed E-state index contributed by atoms with van der Waals surface area (Å²) < 4.78 is 0. The van der Waals surface area contributed by atoms with Crippen molar-refractivity contribution in [2.75, 3.05) is 18.0 Å². The summed E-state index contributed by atoms with van der Waals surface area (Å²) in [6.45, 7) is 4.08. The average Bonchev–Trinajstić information content (AvgIpc) is 2.72. The molecule has 0 spiro atoms. The molecule has 1 saturated carbocycles. The summed E-state index contributed by atoms with van der Waals surface area (Å²) in [7, 11) is 0. The van der Waals surface area contributed by atoms with Crippen LogP contribution >= 0.6 is 0 Å². The Morgan fingerprint density at radius 1 is 1.04 bits per heavy atom. The van der Waals surface area contributed by atoms with E-state index in [1.807, 2.05) is 19.3 Å². The molecule has 2 bridgehead atoms. The molecule has 1 aliphatic carbocycles. The molecule has 4 fully saturated rings. The standard InChI is InChI=1S/C23H34N4O/c1-16-12-24-13-22(25-16)26-14-18-11-19(15-26)21(10-17-6-3-2-4-7-17)27-20(18)8-5-9-23(27)28/h12-13,17-21H,2-11,14-15H2,1H3/t18-,19+,20+,21+/m1/s1. The number of fused-ring (bicyclic) bond motifs is 4. The van der Waals surface area contributed by atoms with Crippen LogP contribution in [0, 0.1) is 24.7 Å². The second kappa shape index (κ2) is 7.64. The number of hydrogen-bond acceptors (Lipinski definition) is 4. The maximum atomic E-state index is 13.0. The van der Waals surface area contributed by atoms with Crippen molar-refractivity contribution in [1.29, 1.82) is 0 Å². The quantitative estimate of drug-likeness (QED) is 0.794. The SMILES string of the molecule is Cc1cncc(N2C[C@H]3C[C@@H](C2)[C@H](CC2CCCCC2)N2C(=O)CCC[C@@H]32)n1. The number of rotatable bonds is 3. The molecule has 5 rings (SSSR count). The van der Waals surface area contributed by atoms with Crippen LogP contribution in [0.1, 0.15) is 69.9 Å². The van der Waals surface area contributed by atoms with Gasteiger partial charge in [0.25, 0.3) is 0 Å². The number of aromatic nitrogens is 2. The van der Waals surface area contributed by atoms with Gasteiger partial charge in [-0.05, 0) is 50.4 Å². The van der Waals surface area contributed by atoms with Crippen molar-refractivity contribution in [3.05, 3.63) is 18.1 Å². The van der Waals surface area contributed by atoms with Gasteiger partial charge in [-0.25, -0.2) is 4.98 Å². The van der Waals surface area contributed by atoms with Crippen LogP contribution in [0.15, 0.2) is 12.4 Å². The van der Waals surface area contributed by atoms with E-state index in [2.05, 4.69) is 14.8 Å². The summed E-state index contributed by atoms with van der Waals surface area (Å²) in [5, 5.41) is 0. The highest BCUT2D eigenvalue weighted by atomic mass is 16.2. The van der Waals surface area contributed by atoms with Gasteiger partial charge in [0.15, 0.2) is 0 Å². The van der Waals surface area contributed by atoms with Crippen LogP contribution < -0.4 is 4.90 Å². The van der Waals surface area contributed by atoms with Gasteiger partial charge in [0, 0.05) is 37.8 Å². The van der Waals surface area contributed by atoms with Crippen molar-refractivity contribution in [2.45, 2.75) is 83.2 Å². The van der Waals surface area contributed by atoms with Crippen LogP contribution in [0.4, 0.5) is 5.82 Å². The maximum absolute atomic E-state index is 13.0. The van der Waals surface area contributed by atoms with Gasteiger partial charge in [-0.2, -0.15) is 0 Å². The molecule has 3 aliphatic heterocycles. The van der Waals surface area contributed by atoms with Crippen LogP contribution in [-0.2, 0) is 4.79 Å². The van der Waals surface area contributed by atoms with Crippen LogP contribution in [0.2, 0.25) is 0 Å². The first-order chi connectivity index (χ1) is 13.7. The van der Waals surface area contributed by atoms with Gasteiger partial charge in [0.1, 0.15) is 5.82 Å². The van der Waals surface area contributed by atoms with E-state index in [1.54, 1.807) is 0 Å². The second-order valence-electron chi connectivity index (χ2n) is 9.75. The molecule has 0 N–H and O–H groups in total. The molecule has 1 aromatic rings. The highest BCUT2D eigenvalue weighted by molar-refractivity contribution is 5.78. The third kappa shape index (κ3) is 3.42. The fourth-order valence-electron chi connectivity index (χ4n) is 6.63. The second-order valence-corrected chi connectivity index (χ2v) is 9.75. The Hall–Kier alpha value is -1.65. The number of aryl methyl sites for hydroxylation is 1. The highest BCUT2D eigenvalue weighted by Gasteiger charge is 2.49. The van der Waals surface area contributed by atoms with Gasteiger partial charge in [-0.1, -0.05) is 32.1 Å². The zero-order valence-electron chi connectivity index (χ0n) is 17.2. The third-order valence-corrected chi connectivity index (χ3v) is 7.86. The Labute approximate surface area is 168 Å². The Morgan fingerprint density at radius 2 is 1.86 bits per heavy atom. The van der Waals surface area contributed by atoms with Gasteiger partial charge in [0.05, 0.1) is 11.9 Å². The first kappa shape index (κ1) is 18.4. The Balaban J connectivity index is 1.42. The molecule has 1 aromatic heterocycles. The molecule has 152 valence electrons. The van der Waals surface area contributed by atoms with Gasteiger partial charge in [0.2, 0.25) is 5.91 Å². The smallest absolute Gasteiger partial charge is 0.223 e. The molecule has 5 nitrogen and oxygen atoms in total. The summed E-state index contributed by atoms with van der Waals surface area (Å²) in [6.07, 6.45) is 16.2. The summed E-state index contributed by atoms with van der Waals surface area (Å²) in [4.78, 5) is 27.0. The van der Waals surface area contributed by atoms with Crippen molar-refractivity contribution in [2.24, 2.45) is 17.8 Å². The minimum Gasteiger partial charge on any atom is -0.355 e. The Bertz CT molecular complexity index is 716. The van der Waals surface area contributed by atoms with E-state index in [4.69, 9.17) is 4.98 Å².